The van der Waals surface area contributed by atoms with Crippen molar-refractivity contribution in [3.05, 3.63) is 28.3 Å². The van der Waals surface area contributed by atoms with Gasteiger partial charge in [0, 0.05) is 40.8 Å². The number of aryl methyl sites for hydroxylation is 1. The molecular weight excluding hydrogens is 350 g/mol. The molecule has 6 atom stereocenters. The number of carbonyl (C=O) groups is 1. The van der Waals surface area contributed by atoms with Crippen molar-refractivity contribution < 1.29 is 14.3 Å². The molecule has 1 N–H and O–H groups in total. The van der Waals surface area contributed by atoms with Crippen molar-refractivity contribution in [2.24, 2.45) is 22.7 Å². The minimum absolute atomic E-state index is 0.0402. The van der Waals surface area contributed by atoms with Crippen molar-refractivity contribution in [3.63, 3.8) is 0 Å². The van der Waals surface area contributed by atoms with Crippen LogP contribution < -0.4 is 10.1 Å². The highest BCUT2D eigenvalue weighted by Crippen LogP contribution is 2.69. The molecule has 1 aromatic rings. The molecule has 0 radical (unpaired) electrons. The summed E-state index contributed by atoms with van der Waals surface area (Å²) in [4.78, 5) is 12.4. The second-order valence-corrected chi connectivity index (χ2v) is 10.9. The molecule has 1 amide bonds. The molecule has 2 saturated carbocycles. The van der Waals surface area contributed by atoms with E-state index >= 15 is 0 Å². The molecule has 5 aliphatic rings. The van der Waals surface area contributed by atoms with Gasteiger partial charge >= 0.3 is 0 Å². The SMILES string of the molecule is Cc1cc2c(c3c1C[C@]1(C)[C@@H](C)CCC4C(C)(C)[C@H]5O[C@H]5CC41O3)CNC2=O. The fourth-order valence-corrected chi connectivity index (χ4v) is 7.54. The third-order valence-electron chi connectivity index (χ3n) is 9.43. The van der Waals surface area contributed by atoms with Gasteiger partial charge in [0.05, 0.1) is 12.2 Å². The number of fused-ring (bicyclic) bond motifs is 4. The summed E-state index contributed by atoms with van der Waals surface area (Å²) in [6, 6.07) is 2.08. The third-order valence-corrected chi connectivity index (χ3v) is 9.43. The molecular formula is C24H31NO3. The summed E-state index contributed by atoms with van der Waals surface area (Å²) in [6.45, 7) is 12.4. The smallest absolute Gasteiger partial charge is 0.252 e. The first-order chi connectivity index (χ1) is 13.2. The Bertz CT molecular complexity index is 921. The Labute approximate surface area is 167 Å². The number of ether oxygens (including phenoxy) is 2. The minimum Gasteiger partial charge on any atom is -0.486 e. The summed E-state index contributed by atoms with van der Waals surface area (Å²) in [5, 5.41) is 3.01. The number of hydrogen-bond donors (Lipinski definition) is 1. The zero-order chi connectivity index (χ0) is 19.6. The molecule has 4 heteroatoms. The number of rotatable bonds is 0. The van der Waals surface area contributed by atoms with Gasteiger partial charge in [0.25, 0.3) is 5.91 Å². The van der Waals surface area contributed by atoms with E-state index in [1.165, 1.54) is 24.0 Å². The fraction of sp³-hybridized carbons (Fsp3) is 0.708. The molecule has 3 aliphatic heterocycles. The van der Waals surface area contributed by atoms with E-state index in [0.29, 0.717) is 30.6 Å². The molecule has 0 bridgehead atoms. The summed E-state index contributed by atoms with van der Waals surface area (Å²) < 4.78 is 13.4. The van der Waals surface area contributed by atoms with E-state index in [9.17, 15) is 4.79 Å². The van der Waals surface area contributed by atoms with E-state index in [-0.39, 0.29) is 22.3 Å². The summed E-state index contributed by atoms with van der Waals surface area (Å²) in [5.41, 5.74) is 4.43. The number of amides is 1. The lowest BCUT2D eigenvalue weighted by molar-refractivity contribution is -0.203. The van der Waals surface area contributed by atoms with Crippen LogP contribution in [0.15, 0.2) is 6.07 Å². The first-order valence-corrected chi connectivity index (χ1v) is 11.0. The maximum Gasteiger partial charge on any atom is 0.252 e. The Kier molecular flexibility index (Phi) is 3.06. The molecule has 6 rings (SSSR count). The maximum atomic E-state index is 12.4. The van der Waals surface area contributed by atoms with Crippen LogP contribution in [0.25, 0.3) is 0 Å². The average Bonchev–Trinajstić information content (AvgIpc) is 3.32. The number of carbonyl (C=O) groups excluding carboxylic acids is 1. The quantitative estimate of drug-likeness (QED) is 0.687. The van der Waals surface area contributed by atoms with E-state index < -0.39 is 0 Å². The van der Waals surface area contributed by atoms with E-state index in [0.717, 1.165) is 29.7 Å². The average molecular weight is 382 g/mol. The van der Waals surface area contributed by atoms with Crippen LogP contribution in [0.1, 0.15) is 74.0 Å². The van der Waals surface area contributed by atoms with Gasteiger partial charge in [-0.1, -0.05) is 27.7 Å². The zero-order valence-electron chi connectivity index (χ0n) is 17.6. The van der Waals surface area contributed by atoms with Crippen molar-refractivity contribution in [3.8, 4) is 5.75 Å². The molecule has 2 aliphatic carbocycles. The van der Waals surface area contributed by atoms with Gasteiger partial charge in [-0.15, -0.1) is 0 Å². The maximum absolute atomic E-state index is 12.4. The molecule has 2 unspecified atom stereocenters. The lowest BCUT2D eigenvalue weighted by Gasteiger charge is -2.65. The standard InChI is InChI=1S/C24H31NO3/c1-12-8-14-16(11-25-21(14)26)19-15(12)9-23(5)13(2)6-7-18-22(3,4)20-17(27-20)10-24(18,23)28-19/h8,13,17-18,20H,6-7,9-11H2,1-5H3,(H,25,26)/t13-,17-,18?,20-,23+,24?/m0/s1. The van der Waals surface area contributed by atoms with Crippen molar-refractivity contribution in [2.75, 3.05) is 0 Å². The van der Waals surface area contributed by atoms with Gasteiger partial charge in [-0.05, 0) is 49.3 Å². The monoisotopic (exact) mass is 381 g/mol. The summed E-state index contributed by atoms with van der Waals surface area (Å²) in [7, 11) is 0. The van der Waals surface area contributed by atoms with E-state index in [4.69, 9.17) is 9.47 Å². The van der Waals surface area contributed by atoms with Crippen molar-refractivity contribution in [1.29, 1.82) is 0 Å². The minimum atomic E-state index is -0.202. The Hall–Kier alpha value is -1.55. The number of hydrogen-bond acceptors (Lipinski definition) is 3. The van der Waals surface area contributed by atoms with E-state index in [2.05, 4.69) is 46.0 Å². The van der Waals surface area contributed by atoms with Crippen LogP contribution in [0.4, 0.5) is 0 Å². The Morgan fingerprint density at radius 1 is 1.18 bits per heavy atom. The molecule has 150 valence electrons. The summed E-state index contributed by atoms with van der Waals surface area (Å²) in [5.74, 6) is 2.15. The predicted octanol–water partition coefficient (Wildman–Crippen LogP) is 4.16. The Morgan fingerprint density at radius 2 is 1.96 bits per heavy atom. The molecule has 28 heavy (non-hydrogen) atoms. The molecule has 3 heterocycles. The van der Waals surface area contributed by atoms with Crippen LogP contribution >= 0.6 is 0 Å². The summed E-state index contributed by atoms with van der Waals surface area (Å²) in [6.07, 6.45) is 5.22. The Balaban J connectivity index is 1.59. The molecule has 3 fully saturated rings. The van der Waals surface area contributed by atoms with Crippen molar-refractivity contribution in [1.82, 2.24) is 5.32 Å². The van der Waals surface area contributed by atoms with Crippen LogP contribution in [0.5, 0.6) is 5.75 Å². The highest BCUT2D eigenvalue weighted by atomic mass is 16.6. The Morgan fingerprint density at radius 3 is 2.75 bits per heavy atom. The summed E-state index contributed by atoms with van der Waals surface area (Å²) >= 11 is 0. The first kappa shape index (κ1) is 17.3. The van der Waals surface area contributed by atoms with Crippen molar-refractivity contribution >= 4 is 5.91 Å². The molecule has 0 aromatic heterocycles. The fourth-order valence-electron chi connectivity index (χ4n) is 7.54. The zero-order valence-corrected chi connectivity index (χ0v) is 17.6. The van der Waals surface area contributed by atoms with Gasteiger partial charge < -0.3 is 14.8 Å². The normalized spacial score (nSPS) is 44.2. The van der Waals surface area contributed by atoms with Crippen LogP contribution in [0.3, 0.4) is 0 Å². The van der Waals surface area contributed by atoms with Crippen LogP contribution in [0, 0.1) is 29.6 Å². The first-order valence-electron chi connectivity index (χ1n) is 11.0. The molecule has 1 aromatic carbocycles. The van der Waals surface area contributed by atoms with Gasteiger partial charge in [0.2, 0.25) is 0 Å². The predicted molar refractivity (Wildman–Crippen MR) is 106 cm³/mol. The van der Waals surface area contributed by atoms with Gasteiger partial charge in [0.1, 0.15) is 11.4 Å². The van der Waals surface area contributed by atoms with Gasteiger partial charge in [-0.25, -0.2) is 0 Å². The van der Waals surface area contributed by atoms with Gasteiger partial charge in [-0.2, -0.15) is 0 Å². The molecule has 1 spiro atoms. The van der Waals surface area contributed by atoms with Crippen molar-refractivity contribution in [2.45, 2.75) is 84.7 Å². The second-order valence-electron chi connectivity index (χ2n) is 10.9. The highest BCUT2D eigenvalue weighted by molar-refractivity contribution is 5.99. The molecule has 4 nitrogen and oxygen atoms in total. The number of benzene rings is 1. The van der Waals surface area contributed by atoms with Gasteiger partial charge in [0.15, 0.2) is 0 Å². The highest BCUT2D eigenvalue weighted by Gasteiger charge is 2.73. The van der Waals surface area contributed by atoms with Crippen LogP contribution in [-0.4, -0.2) is 23.7 Å². The van der Waals surface area contributed by atoms with E-state index in [1.807, 2.05) is 0 Å². The van der Waals surface area contributed by atoms with E-state index in [1.54, 1.807) is 0 Å². The van der Waals surface area contributed by atoms with Crippen LogP contribution in [0.2, 0.25) is 0 Å². The molecule has 1 saturated heterocycles. The second kappa shape index (κ2) is 4.95. The topological polar surface area (TPSA) is 50.9 Å². The number of nitrogens with one attached hydrogen (secondary N) is 1. The third kappa shape index (κ3) is 1.80. The number of epoxide rings is 1. The van der Waals surface area contributed by atoms with Crippen LogP contribution in [-0.2, 0) is 17.7 Å². The lowest BCUT2D eigenvalue weighted by Crippen LogP contribution is -2.69. The lowest BCUT2D eigenvalue weighted by atomic mass is 9.44. The van der Waals surface area contributed by atoms with Gasteiger partial charge in [-0.3, -0.25) is 4.79 Å². The largest absolute Gasteiger partial charge is 0.486 e.